The minimum absolute atomic E-state index is 0. The molecule has 0 unspecified atom stereocenters. The van der Waals surface area contributed by atoms with Gasteiger partial charge in [0.25, 0.3) is 0 Å². The van der Waals surface area contributed by atoms with Gasteiger partial charge in [0.1, 0.15) is 0 Å². The maximum absolute atomic E-state index is 11.8. The molecule has 0 radical (unpaired) electrons. The van der Waals surface area contributed by atoms with Crippen LogP contribution in [0.5, 0.6) is 0 Å². The fourth-order valence-corrected chi connectivity index (χ4v) is 2.33. The summed E-state index contributed by atoms with van der Waals surface area (Å²) >= 11 is 0. The zero-order valence-electron chi connectivity index (χ0n) is 10.7. The van der Waals surface area contributed by atoms with Gasteiger partial charge in [-0.1, -0.05) is 19.3 Å². The molecule has 0 aromatic rings. The molecule has 0 aromatic heterocycles. The van der Waals surface area contributed by atoms with Crippen molar-refractivity contribution in [1.82, 2.24) is 4.90 Å². The normalized spacial score (nSPS) is 17.8. The first-order valence-corrected chi connectivity index (χ1v) is 5.95. The van der Waals surface area contributed by atoms with Crippen LogP contribution >= 0.6 is 12.4 Å². The van der Waals surface area contributed by atoms with E-state index in [0.29, 0.717) is 5.92 Å². The van der Waals surface area contributed by atoms with Crippen molar-refractivity contribution in [2.75, 3.05) is 13.6 Å². The van der Waals surface area contributed by atoms with Crippen LogP contribution in [0.3, 0.4) is 0 Å². The van der Waals surface area contributed by atoms with E-state index in [1.165, 1.54) is 32.1 Å². The zero-order chi connectivity index (χ0) is 11.5. The number of hydrogen-bond acceptors (Lipinski definition) is 2. The maximum Gasteiger partial charge on any atom is 0.241 e. The van der Waals surface area contributed by atoms with Crippen molar-refractivity contribution in [3.8, 4) is 0 Å². The number of hydrogen-bond donors (Lipinski definition) is 1. The smallest absolute Gasteiger partial charge is 0.241 e. The van der Waals surface area contributed by atoms with Crippen LogP contribution in [-0.2, 0) is 4.79 Å². The Morgan fingerprint density at radius 1 is 1.31 bits per heavy atom. The van der Waals surface area contributed by atoms with Crippen molar-refractivity contribution in [3.05, 3.63) is 0 Å². The fraction of sp³-hybridized carbons (Fsp3) is 0.917. The second-order valence-electron chi connectivity index (χ2n) is 5.41. The highest BCUT2D eigenvalue weighted by Crippen LogP contribution is 2.24. The van der Waals surface area contributed by atoms with Crippen LogP contribution in [0, 0.1) is 5.92 Å². The van der Waals surface area contributed by atoms with Gasteiger partial charge in [0, 0.05) is 13.6 Å². The molecule has 1 aliphatic rings. The first-order valence-electron chi connectivity index (χ1n) is 5.95. The molecule has 2 N–H and O–H groups in total. The summed E-state index contributed by atoms with van der Waals surface area (Å²) in [5.41, 5.74) is 5.06. The van der Waals surface area contributed by atoms with Gasteiger partial charge in [0.2, 0.25) is 5.91 Å². The lowest BCUT2D eigenvalue weighted by molar-refractivity contribution is -0.135. The molecule has 1 saturated carbocycles. The van der Waals surface area contributed by atoms with Gasteiger partial charge in [-0.3, -0.25) is 4.79 Å². The Morgan fingerprint density at radius 3 is 2.25 bits per heavy atom. The standard InChI is InChI=1S/C12H24N2O.ClH/c1-12(2,13)11(15)14(3)9-10-7-5-4-6-8-10;/h10H,4-9,13H2,1-3H3;1H. The molecule has 0 atom stereocenters. The number of amides is 1. The van der Waals surface area contributed by atoms with E-state index >= 15 is 0 Å². The van der Waals surface area contributed by atoms with Crippen molar-refractivity contribution < 1.29 is 4.79 Å². The Bertz CT molecular complexity index is 220. The highest BCUT2D eigenvalue weighted by atomic mass is 35.5. The van der Waals surface area contributed by atoms with E-state index in [9.17, 15) is 4.79 Å². The molecule has 0 aliphatic heterocycles. The molecule has 1 aliphatic carbocycles. The van der Waals surface area contributed by atoms with E-state index in [0.717, 1.165) is 6.54 Å². The second kappa shape index (κ2) is 6.45. The molecule has 1 rings (SSSR count). The first-order chi connectivity index (χ1) is 6.91. The van der Waals surface area contributed by atoms with Crippen molar-refractivity contribution in [3.63, 3.8) is 0 Å². The third kappa shape index (κ3) is 4.71. The molecule has 0 saturated heterocycles. The SMILES string of the molecule is CN(CC1CCCCC1)C(=O)C(C)(C)N.Cl. The van der Waals surface area contributed by atoms with E-state index in [4.69, 9.17) is 5.73 Å². The van der Waals surface area contributed by atoms with Crippen LogP contribution in [0.4, 0.5) is 0 Å². The van der Waals surface area contributed by atoms with Gasteiger partial charge in [-0.15, -0.1) is 12.4 Å². The zero-order valence-corrected chi connectivity index (χ0v) is 11.5. The Hall–Kier alpha value is -0.280. The second-order valence-corrected chi connectivity index (χ2v) is 5.41. The van der Waals surface area contributed by atoms with Crippen LogP contribution < -0.4 is 5.73 Å². The minimum Gasteiger partial charge on any atom is -0.344 e. The third-order valence-corrected chi connectivity index (χ3v) is 3.15. The van der Waals surface area contributed by atoms with Crippen molar-refractivity contribution in [1.29, 1.82) is 0 Å². The summed E-state index contributed by atoms with van der Waals surface area (Å²) in [7, 11) is 1.87. The van der Waals surface area contributed by atoms with Gasteiger partial charge in [0.15, 0.2) is 0 Å². The van der Waals surface area contributed by atoms with E-state index in [1.807, 2.05) is 7.05 Å². The average molecular weight is 249 g/mol. The summed E-state index contributed by atoms with van der Waals surface area (Å²) in [6.45, 7) is 4.42. The molecule has 0 heterocycles. The molecule has 4 heteroatoms. The van der Waals surface area contributed by atoms with Gasteiger partial charge in [0.05, 0.1) is 5.54 Å². The van der Waals surface area contributed by atoms with Crippen LogP contribution in [0.2, 0.25) is 0 Å². The maximum atomic E-state index is 11.8. The van der Waals surface area contributed by atoms with Gasteiger partial charge >= 0.3 is 0 Å². The monoisotopic (exact) mass is 248 g/mol. The molecular weight excluding hydrogens is 224 g/mol. The van der Waals surface area contributed by atoms with Crippen LogP contribution in [-0.4, -0.2) is 29.9 Å². The summed E-state index contributed by atoms with van der Waals surface area (Å²) in [6.07, 6.45) is 6.53. The Kier molecular flexibility index (Phi) is 6.34. The predicted molar refractivity (Wildman–Crippen MR) is 69.7 cm³/mol. The lowest BCUT2D eigenvalue weighted by Gasteiger charge is -2.30. The molecule has 96 valence electrons. The van der Waals surface area contributed by atoms with Gasteiger partial charge in [-0.25, -0.2) is 0 Å². The van der Waals surface area contributed by atoms with Crippen LogP contribution in [0.15, 0.2) is 0 Å². The van der Waals surface area contributed by atoms with Crippen LogP contribution in [0.25, 0.3) is 0 Å². The molecule has 16 heavy (non-hydrogen) atoms. The van der Waals surface area contributed by atoms with Crippen molar-refractivity contribution >= 4 is 18.3 Å². The topological polar surface area (TPSA) is 46.3 Å². The minimum atomic E-state index is -0.733. The van der Waals surface area contributed by atoms with Crippen molar-refractivity contribution in [2.45, 2.75) is 51.5 Å². The molecule has 0 aromatic carbocycles. The Balaban J connectivity index is 0.00000225. The number of rotatable bonds is 3. The van der Waals surface area contributed by atoms with Gasteiger partial charge in [-0.2, -0.15) is 0 Å². The van der Waals surface area contributed by atoms with Crippen LogP contribution in [0.1, 0.15) is 46.0 Å². The summed E-state index contributed by atoms with van der Waals surface area (Å²) in [5, 5.41) is 0. The summed E-state index contributed by atoms with van der Waals surface area (Å²) in [5.74, 6) is 0.739. The first kappa shape index (κ1) is 15.7. The quantitative estimate of drug-likeness (QED) is 0.832. The largest absolute Gasteiger partial charge is 0.344 e. The number of halogens is 1. The molecule has 1 amide bonds. The Labute approximate surface area is 105 Å². The number of carbonyl (C=O) groups excluding carboxylic acids is 1. The van der Waals surface area contributed by atoms with E-state index < -0.39 is 5.54 Å². The average Bonchev–Trinajstić information content (AvgIpc) is 2.16. The van der Waals surface area contributed by atoms with Gasteiger partial charge in [-0.05, 0) is 32.6 Å². The number of likely N-dealkylation sites (N-methyl/N-ethyl adjacent to an activating group) is 1. The molecule has 0 bridgehead atoms. The summed E-state index contributed by atoms with van der Waals surface area (Å²) in [6, 6.07) is 0. The van der Waals surface area contributed by atoms with E-state index in [-0.39, 0.29) is 18.3 Å². The van der Waals surface area contributed by atoms with Crippen molar-refractivity contribution in [2.24, 2.45) is 11.7 Å². The highest BCUT2D eigenvalue weighted by Gasteiger charge is 2.27. The molecular formula is C12H25ClN2O. The highest BCUT2D eigenvalue weighted by molar-refractivity contribution is 5.85. The number of carbonyl (C=O) groups is 1. The van der Waals surface area contributed by atoms with E-state index in [2.05, 4.69) is 0 Å². The fourth-order valence-electron chi connectivity index (χ4n) is 2.33. The Morgan fingerprint density at radius 2 is 1.81 bits per heavy atom. The lowest BCUT2D eigenvalue weighted by Crippen LogP contribution is -2.50. The summed E-state index contributed by atoms with van der Waals surface area (Å²) < 4.78 is 0. The molecule has 3 nitrogen and oxygen atoms in total. The lowest BCUT2D eigenvalue weighted by atomic mass is 9.88. The molecule has 1 fully saturated rings. The third-order valence-electron chi connectivity index (χ3n) is 3.15. The van der Waals surface area contributed by atoms with E-state index in [1.54, 1.807) is 18.7 Å². The molecule has 0 spiro atoms. The number of nitrogens with zero attached hydrogens (tertiary/aromatic N) is 1. The summed E-state index contributed by atoms with van der Waals surface area (Å²) in [4.78, 5) is 13.6. The number of nitrogens with two attached hydrogens (primary N) is 1. The predicted octanol–water partition coefficient (Wildman–Crippen LogP) is 2.18. The van der Waals surface area contributed by atoms with Gasteiger partial charge < -0.3 is 10.6 Å².